The maximum atomic E-state index is 12.1. The van der Waals surface area contributed by atoms with Crippen LogP contribution in [-0.4, -0.2) is 12.9 Å². The molecule has 0 spiro atoms. The van der Waals surface area contributed by atoms with Gasteiger partial charge in [-0.3, -0.25) is 0 Å². The lowest BCUT2D eigenvalue weighted by Crippen LogP contribution is -2.18. The van der Waals surface area contributed by atoms with E-state index < -0.39 is 6.36 Å². The molecule has 1 rings (SSSR count). The minimum atomic E-state index is -4.65. The van der Waals surface area contributed by atoms with Crippen molar-refractivity contribution < 1.29 is 17.9 Å². The van der Waals surface area contributed by atoms with Crippen molar-refractivity contribution in [2.45, 2.75) is 26.1 Å². The van der Waals surface area contributed by atoms with Crippen LogP contribution < -0.4 is 10.1 Å². The Morgan fingerprint density at radius 1 is 1.25 bits per heavy atom. The Bertz CT molecular complexity index is 325. The molecule has 5 heteroatoms. The van der Waals surface area contributed by atoms with E-state index in [9.17, 15) is 13.2 Å². The molecule has 0 saturated carbocycles. The molecule has 2 nitrogen and oxygen atoms in total. The Labute approximate surface area is 92.4 Å². The van der Waals surface area contributed by atoms with Crippen molar-refractivity contribution in [1.82, 2.24) is 0 Å². The molecule has 0 unspecified atom stereocenters. The first-order chi connectivity index (χ1) is 7.53. The molecule has 0 aliphatic carbocycles. The van der Waals surface area contributed by atoms with E-state index in [4.69, 9.17) is 0 Å². The van der Waals surface area contributed by atoms with Crippen LogP contribution >= 0.6 is 0 Å². The smallest absolute Gasteiger partial charge is 0.404 e. The summed E-state index contributed by atoms with van der Waals surface area (Å²) >= 11 is 0. The quantitative estimate of drug-likeness (QED) is 0.781. The van der Waals surface area contributed by atoms with E-state index in [1.54, 1.807) is 12.1 Å². The summed E-state index contributed by atoms with van der Waals surface area (Å²) in [6.07, 6.45) is -2.77. The highest BCUT2D eigenvalue weighted by atomic mass is 19.4. The van der Waals surface area contributed by atoms with Crippen LogP contribution in [0.1, 0.15) is 19.8 Å². The number of para-hydroxylation sites is 2. The molecule has 0 aliphatic rings. The first-order valence-corrected chi connectivity index (χ1v) is 5.11. The van der Waals surface area contributed by atoms with Crippen molar-refractivity contribution in [2.24, 2.45) is 0 Å². The van der Waals surface area contributed by atoms with Gasteiger partial charge in [-0.15, -0.1) is 13.2 Å². The third-order valence-electron chi connectivity index (χ3n) is 1.96. The van der Waals surface area contributed by atoms with Gasteiger partial charge < -0.3 is 10.1 Å². The number of halogens is 3. The van der Waals surface area contributed by atoms with Crippen LogP contribution in [-0.2, 0) is 0 Å². The second-order valence-electron chi connectivity index (χ2n) is 3.32. The zero-order valence-corrected chi connectivity index (χ0v) is 8.97. The lowest BCUT2D eigenvalue weighted by Gasteiger charge is -2.14. The van der Waals surface area contributed by atoms with Gasteiger partial charge >= 0.3 is 6.36 Å². The van der Waals surface area contributed by atoms with Crippen LogP contribution in [0.4, 0.5) is 18.9 Å². The maximum Gasteiger partial charge on any atom is 0.573 e. The lowest BCUT2D eigenvalue weighted by molar-refractivity contribution is -0.274. The topological polar surface area (TPSA) is 21.3 Å². The zero-order chi connectivity index (χ0) is 12.0. The van der Waals surface area contributed by atoms with Gasteiger partial charge in [-0.2, -0.15) is 0 Å². The minimum Gasteiger partial charge on any atom is -0.404 e. The fourth-order valence-electron chi connectivity index (χ4n) is 1.23. The number of benzene rings is 1. The van der Waals surface area contributed by atoms with E-state index in [1.165, 1.54) is 12.1 Å². The molecule has 0 fully saturated rings. The van der Waals surface area contributed by atoms with Crippen LogP contribution in [0, 0.1) is 0 Å². The Hall–Kier alpha value is -1.39. The van der Waals surface area contributed by atoms with Gasteiger partial charge in [-0.1, -0.05) is 25.5 Å². The normalized spacial score (nSPS) is 11.2. The highest BCUT2D eigenvalue weighted by Crippen LogP contribution is 2.29. The first kappa shape index (κ1) is 12.7. The predicted octanol–water partition coefficient (Wildman–Crippen LogP) is 3.80. The molecular formula is C11H14F3NO. The fraction of sp³-hybridized carbons (Fsp3) is 0.455. The molecule has 1 aromatic rings. The molecule has 0 radical (unpaired) electrons. The second kappa shape index (κ2) is 5.63. The Morgan fingerprint density at radius 3 is 2.56 bits per heavy atom. The molecule has 0 saturated heterocycles. The van der Waals surface area contributed by atoms with Gasteiger partial charge in [0, 0.05) is 6.54 Å². The lowest BCUT2D eigenvalue weighted by atomic mass is 10.2. The van der Waals surface area contributed by atoms with Crippen molar-refractivity contribution in [1.29, 1.82) is 0 Å². The number of alkyl halides is 3. The molecule has 90 valence electrons. The molecule has 0 amide bonds. The van der Waals surface area contributed by atoms with Gasteiger partial charge in [-0.25, -0.2) is 0 Å². The number of nitrogens with one attached hydrogen (secondary N) is 1. The average molecular weight is 233 g/mol. The maximum absolute atomic E-state index is 12.1. The summed E-state index contributed by atoms with van der Waals surface area (Å²) in [5.74, 6) is -0.189. The van der Waals surface area contributed by atoms with Crippen molar-refractivity contribution in [3.8, 4) is 5.75 Å². The van der Waals surface area contributed by atoms with Crippen molar-refractivity contribution >= 4 is 5.69 Å². The zero-order valence-electron chi connectivity index (χ0n) is 8.97. The SMILES string of the molecule is CCCCNc1ccccc1OC(F)(F)F. The van der Waals surface area contributed by atoms with Gasteiger partial charge in [-0.05, 0) is 18.6 Å². The summed E-state index contributed by atoms with van der Waals surface area (Å²) in [5, 5.41) is 2.91. The van der Waals surface area contributed by atoms with Gasteiger partial charge in [0.1, 0.15) is 0 Å². The van der Waals surface area contributed by atoms with Crippen LogP contribution in [0.5, 0.6) is 5.75 Å². The van der Waals surface area contributed by atoms with E-state index in [0.29, 0.717) is 12.2 Å². The monoisotopic (exact) mass is 233 g/mol. The Balaban J connectivity index is 2.68. The van der Waals surface area contributed by atoms with Crippen LogP contribution in [0.15, 0.2) is 24.3 Å². The summed E-state index contributed by atoms with van der Waals surface area (Å²) < 4.78 is 40.1. The number of ether oxygens (including phenoxy) is 1. The van der Waals surface area contributed by atoms with Crippen molar-refractivity contribution in [3.63, 3.8) is 0 Å². The molecule has 1 aromatic carbocycles. The second-order valence-corrected chi connectivity index (χ2v) is 3.32. The summed E-state index contributed by atoms with van der Waals surface area (Å²) in [7, 11) is 0. The van der Waals surface area contributed by atoms with E-state index in [2.05, 4.69) is 10.1 Å². The van der Waals surface area contributed by atoms with E-state index in [0.717, 1.165) is 12.8 Å². The van der Waals surface area contributed by atoms with Gasteiger partial charge in [0.05, 0.1) is 5.69 Å². The Morgan fingerprint density at radius 2 is 1.94 bits per heavy atom. The summed E-state index contributed by atoms with van der Waals surface area (Å²) in [6.45, 7) is 2.65. The van der Waals surface area contributed by atoms with E-state index in [-0.39, 0.29) is 5.75 Å². The average Bonchev–Trinajstić information content (AvgIpc) is 2.19. The van der Waals surface area contributed by atoms with E-state index >= 15 is 0 Å². The summed E-state index contributed by atoms with van der Waals surface area (Å²) in [4.78, 5) is 0. The Kier molecular flexibility index (Phi) is 4.46. The highest BCUT2D eigenvalue weighted by Gasteiger charge is 2.31. The van der Waals surface area contributed by atoms with Crippen molar-refractivity contribution in [3.05, 3.63) is 24.3 Å². The van der Waals surface area contributed by atoms with Gasteiger partial charge in [0.2, 0.25) is 0 Å². The molecule has 1 N–H and O–H groups in total. The molecule has 0 heterocycles. The van der Waals surface area contributed by atoms with E-state index in [1.807, 2.05) is 6.92 Å². The molecule has 0 atom stereocenters. The summed E-state index contributed by atoms with van der Waals surface area (Å²) in [5.41, 5.74) is 0.369. The highest BCUT2D eigenvalue weighted by molar-refractivity contribution is 5.56. The van der Waals surface area contributed by atoms with Crippen LogP contribution in [0.3, 0.4) is 0 Å². The number of unbranched alkanes of at least 4 members (excludes halogenated alkanes) is 1. The van der Waals surface area contributed by atoms with Gasteiger partial charge in [0.25, 0.3) is 0 Å². The standard InChI is InChI=1S/C11H14F3NO/c1-2-3-8-15-9-6-4-5-7-10(9)16-11(12,13)14/h4-7,15H,2-3,8H2,1H3. The molecule has 0 bridgehead atoms. The predicted molar refractivity (Wildman–Crippen MR) is 56.5 cm³/mol. The van der Waals surface area contributed by atoms with Crippen LogP contribution in [0.25, 0.3) is 0 Å². The number of hydrogen-bond donors (Lipinski definition) is 1. The van der Waals surface area contributed by atoms with Gasteiger partial charge in [0.15, 0.2) is 5.75 Å². The van der Waals surface area contributed by atoms with Crippen molar-refractivity contribution in [2.75, 3.05) is 11.9 Å². The van der Waals surface area contributed by atoms with Crippen LogP contribution in [0.2, 0.25) is 0 Å². The third-order valence-corrected chi connectivity index (χ3v) is 1.96. The first-order valence-electron chi connectivity index (χ1n) is 5.11. The third kappa shape index (κ3) is 4.42. The summed E-state index contributed by atoms with van der Waals surface area (Å²) in [6, 6.07) is 6.03. The molecule has 0 aliphatic heterocycles. The molecule has 16 heavy (non-hydrogen) atoms. The molecule has 0 aromatic heterocycles. The molecular weight excluding hydrogens is 219 g/mol. The number of anilines is 1. The largest absolute Gasteiger partial charge is 0.573 e. The number of hydrogen-bond acceptors (Lipinski definition) is 2. The number of rotatable bonds is 5. The fourth-order valence-corrected chi connectivity index (χ4v) is 1.23. The minimum absolute atomic E-state index is 0.189.